The molecule has 32 heavy (non-hydrogen) atoms. The fraction of sp³-hybridized carbons (Fsp3) is 0.522. The number of fused-ring (bicyclic) bond motifs is 1. The fourth-order valence-corrected chi connectivity index (χ4v) is 6.78. The molecule has 1 aromatic carbocycles. The zero-order valence-electron chi connectivity index (χ0n) is 18.0. The molecule has 0 radical (unpaired) electrons. The number of hydrogen-bond acceptors (Lipinski definition) is 5. The van der Waals surface area contributed by atoms with Crippen molar-refractivity contribution < 1.29 is 29.3 Å². The van der Waals surface area contributed by atoms with E-state index in [0.717, 1.165) is 16.8 Å². The monoisotopic (exact) mass is 506 g/mol. The topological polar surface area (TPSA) is 107 Å². The lowest BCUT2D eigenvalue weighted by molar-refractivity contribution is -0.149. The Labute approximate surface area is 195 Å². The van der Waals surface area contributed by atoms with Gasteiger partial charge in [-0.25, -0.2) is 0 Å². The molecule has 3 aliphatic rings. The van der Waals surface area contributed by atoms with E-state index in [2.05, 4.69) is 22.5 Å². The zero-order valence-corrected chi connectivity index (χ0v) is 19.6. The molecular weight excluding hydrogens is 480 g/mol. The third-order valence-corrected chi connectivity index (χ3v) is 7.78. The van der Waals surface area contributed by atoms with Crippen LogP contribution in [0.4, 0.5) is 5.69 Å². The van der Waals surface area contributed by atoms with Gasteiger partial charge < -0.3 is 24.7 Å². The molecule has 0 aromatic heterocycles. The average molecular weight is 507 g/mol. The second-order valence-corrected chi connectivity index (χ2v) is 9.91. The zero-order chi connectivity index (χ0) is 23.4. The molecule has 0 aliphatic carbocycles. The maximum Gasteiger partial charge on any atom is 0.310 e. The van der Waals surface area contributed by atoms with E-state index in [1.165, 1.54) is 4.90 Å². The Morgan fingerprint density at radius 3 is 2.59 bits per heavy atom. The van der Waals surface area contributed by atoms with Gasteiger partial charge in [0.05, 0.1) is 24.5 Å². The molecule has 1 unspecified atom stereocenters. The number of nitrogens with zero attached hydrogens (tertiary/aromatic N) is 2. The van der Waals surface area contributed by atoms with Crippen molar-refractivity contribution in [3.63, 3.8) is 0 Å². The number of carbonyl (C=O) groups excluding carboxylic acids is 2. The predicted octanol–water partition coefficient (Wildman–Crippen LogP) is 1.65. The van der Waals surface area contributed by atoms with Gasteiger partial charge >= 0.3 is 5.97 Å². The van der Waals surface area contributed by atoms with Crippen molar-refractivity contribution in [1.29, 1.82) is 0 Å². The van der Waals surface area contributed by atoms with Gasteiger partial charge in [-0.3, -0.25) is 14.4 Å². The summed E-state index contributed by atoms with van der Waals surface area (Å²) in [5.74, 6) is -3.95. The largest absolute Gasteiger partial charge is 0.481 e. The van der Waals surface area contributed by atoms with Crippen molar-refractivity contribution >= 4 is 39.4 Å². The number of aliphatic hydroxyl groups excluding tert-OH is 1. The molecule has 3 aliphatic heterocycles. The standard InChI is InChI=1S/C23H27BrN2O6/c1-4-8-25(17-12(2)6-5-7-13(17)3)21(29)19-23-11-14(24)18(32-23)15(22(30)31)16(23)20(28)26(19)9-10-27/h4-7,14-16,18-19,27H,1,8-11H2,2-3H3,(H,30,31)/t14?,15-,16+,18-,19-,23+/m0/s1. The predicted molar refractivity (Wildman–Crippen MR) is 121 cm³/mol. The van der Waals surface area contributed by atoms with Gasteiger partial charge in [-0.15, -0.1) is 6.58 Å². The highest BCUT2D eigenvalue weighted by Crippen LogP contribution is 2.60. The van der Waals surface area contributed by atoms with Crippen LogP contribution in [0.25, 0.3) is 0 Å². The van der Waals surface area contributed by atoms with E-state index in [9.17, 15) is 24.6 Å². The van der Waals surface area contributed by atoms with E-state index in [0.29, 0.717) is 6.42 Å². The highest BCUT2D eigenvalue weighted by Gasteiger charge is 2.76. The van der Waals surface area contributed by atoms with Crippen LogP contribution < -0.4 is 4.90 Å². The average Bonchev–Trinajstić information content (AvgIpc) is 3.31. The summed E-state index contributed by atoms with van der Waals surface area (Å²) in [6.45, 7) is 7.40. The minimum atomic E-state index is -1.26. The maximum absolute atomic E-state index is 14.1. The highest BCUT2D eigenvalue weighted by atomic mass is 79.9. The number of aryl methyl sites for hydroxylation is 2. The van der Waals surface area contributed by atoms with Crippen LogP contribution >= 0.6 is 15.9 Å². The van der Waals surface area contributed by atoms with E-state index >= 15 is 0 Å². The van der Waals surface area contributed by atoms with Gasteiger partial charge in [0.2, 0.25) is 5.91 Å². The smallest absolute Gasteiger partial charge is 0.310 e. The van der Waals surface area contributed by atoms with Gasteiger partial charge in [0, 0.05) is 23.6 Å². The number of carbonyl (C=O) groups is 3. The number of ether oxygens (including phenoxy) is 1. The molecular formula is C23H27BrN2O6. The molecule has 6 atom stereocenters. The van der Waals surface area contributed by atoms with Crippen molar-refractivity contribution in [1.82, 2.24) is 4.90 Å². The van der Waals surface area contributed by atoms with Crippen LogP contribution in [0.5, 0.6) is 0 Å². The number of hydrogen-bond donors (Lipinski definition) is 2. The summed E-state index contributed by atoms with van der Waals surface area (Å²) in [6, 6.07) is 4.68. The number of aliphatic carboxylic acids is 1. The maximum atomic E-state index is 14.1. The lowest BCUT2D eigenvalue weighted by Crippen LogP contribution is -2.57. The van der Waals surface area contributed by atoms with Gasteiger partial charge in [0.25, 0.3) is 5.91 Å². The normalized spacial score (nSPS) is 32.8. The molecule has 3 saturated heterocycles. The molecule has 4 rings (SSSR count). The van der Waals surface area contributed by atoms with Crippen LogP contribution in [0.1, 0.15) is 17.5 Å². The molecule has 2 bridgehead atoms. The number of carboxylic acids is 1. The van der Waals surface area contributed by atoms with Crippen LogP contribution in [-0.2, 0) is 19.1 Å². The number of aliphatic hydroxyl groups is 1. The molecule has 2 amide bonds. The van der Waals surface area contributed by atoms with Crippen molar-refractivity contribution in [2.75, 3.05) is 24.6 Å². The molecule has 1 aromatic rings. The quantitative estimate of drug-likeness (QED) is 0.430. The molecule has 0 saturated carbocycles. The third kappa shape index (κ3) is 3.13. The fourth-order valence-electron chi connectivity index (χ4n) is 5.84. The van der Waals surface area contributed by atoms with E-state index in [1.54, 1.807) is 11.0 Å². The first-order valence-corrected chi connectivity index (χ1v) is 11.6. The first-order valence-electron chi connectivity index (χ1n) is 10.6. The minimum absolute atomic E-state index is 0.0739. The molecule has 172 valence electrons. The molecule has 8 nitrogen and oxygen atoms in total. The number of rotatable bonds is 7. The van der Waals surface area contributed by atoms with Crippen molar-refractivity contribution in [2.45, 2.75) is 42.8 Å². The number of amides is 2. The number of benzene rings is 1. The number of anilines is 1. The van der Waals surface area contributed by atoms with E-state index < -0.39 is 41.5 Å². The Hall–Kier alpha value is -2.23. The van der Waals surface area contributed by atoms with Crippen molar-refractivity contribution in [2.24, 2.45) is 11.8 Å². The van der Waals surface area contributed by atoms with Crippen molar-refractivity contribution in [3.05, 3.63) is 42.0 Å². The van der Waals surface area contributed by atoms with Crippen LogP contribution in [-0.4, -0.2) is 75.2 Å². The van der Waals surface area contributed by atoms with Gasteiger partial charge in [0.1, 0.15) is 11.6 Å². The Balaban J connectivity index is 1.84. The van der Waals surface area contributed by atoms with Crippen LogP contribution in [0, 0.1) is 25.7 Å². The van der Waals surface area contributed by atoms with Gasteiger partial charge in [-0.05, 0) is 31.4 Å². The van der Waals surface area contributed by atoms with E-state index in [4.69, 9.17) is 4.74 Å². The van der Waals surface area contributed by atoms with Crippen LogP contribution in [0.3, 0.4) is 0 Å². The van der Waals surface area contributed by atoms with Gasteiger partial charge in [-0.1, -0.05) is 40.2 Å². The van der Waals surface area contributed by atoms with Crippen LogP contribution in [0.15, 0.2) is 30.9 Å². The Kier molecular flexibility index (Phi) is 5.94. The molecule has 3 fully saturated rings. The Bertz CT molecular complexity index is 963. The molecule has 2 N–H and O–H groups in total. The summed E-state index contributed by atoms with van der Waals surface area (Å²) in [7, 11) is 0. The van der Waals surface area contributed by atoms with E-state index in [1.807, 2.05) is 32.0 Å². The van der Waals surface area contributed by atoms with Gasteiger partial charge in [0.15, 0.2) is 0 Å². The summed E-state index contributed by atoms with van der Waals surface area (Å²) in [6.07, 6.45) is 1.26. The van der Waals surface area contributed by atoms with Crippen molar-refractivity contribution in [3.8, 4) is 0 Å². The van der Waals surface area contributed by atoms with E-state index in [-0.39, 0.29) is 30.4 Å². The Morgan fingerprint density at radius 1 is 1.38 bits per heavy atom. The SMILES string of the molecule is C=CCN(C(=O)[C@@H]1N(CCO)C(=O)[C@H]2[C@H](C(=O)O)[C@H]3O[C@@]12CC3Br)c1c(C)cccc1C. The summed E-state index contributed by atoms with van der Waals surface area (Å²) in [5, 5.41) is 19.5. The number of likely N-dealkylation sites (tertiary alicyclic amines) is 1. The number of alkyl halides is 1. The van der Waals surface area contributed by atoms with Gasteiger partial charge in [-0.2, -0.15) is 0 Å². The summed E-state index contributed by atoms with van der Waals surface area (Å²) in [4.78, 5) is 42.2. The number of halogens is 1. The second-order valence-electron chi connectivity index (χ2n) is 8.73. The second kappa shape index (κ2) is 8.28. The highest BCUT2D eigenvalue weighted by molar-refractivity contribution is 9.09. The first kappa shape index (κ1) is 22.9. The number of carboxylic acid groups (broad SMARTS) is 1. The first-order chi connectivity index (χ1) is 15.2. The van der Waals surface area contributed by atoms with Crippen LogP contribution in [0.2, 0.25) is 0 Å². The number of β-amino-alcohol motifs (C(OH)–C–C–N with tert-alkyl or cyclic N) is 1. The molecule has 9 heteroatoms. The minimum Gasteiger partial charge on any atom is -0.481 e. The summed E-state index contributed by atoms with van der Waals surface area (Å²) < 4.78 is 6.23. The summed E-state index contributed by atoms with van der Waals surface area (Å²) in [5.41, 5.74) is 1.25. The lowest BCUT2D eigenvalue weighted by atomic mass is 9.70. The lowest BCUT2D eigenvalue weighted by Gasteiger charge is -2.37. The number of para-hydroxylation sites is 1. The summed E-state index contributed by atoms with van der Waals surface area (Å²) >= 11 is 3.52. The third-order valence-electron chi connectivity index (χ3n) is 6.94. The molecule has 1 spiro atoms. The Morgan fingerprint density at radius 2 is 2.03 bits per heavy atom. The molecule has 3 heterocycles.